The molecule has 0 heterocycles. The van der Waals surface area contributed by atoms with Gasteiger partial charge in [-0.2, -0.15) is 0 Å². The maximum atomic E-state index is 10.2. The summed E-state index contributed by atoms with van der Waals surface area (Å²) < 4.78 is 0. The van der Waals surface area contributed by atoms with Gasteiger partial charge < -0.3 is 10.8 Å². The fourth-order valence-electron chi connectivity index (χ4n) is 1.40. The van der Waals surface area contributed by atoms with Gasteiger partial charge in [0.1, 0.15) is 5.60 Å². The van der Waals surface area contributed by atoms with Crippen LogP contribution in [0.5, 0.6) is 0 Å². The van der Waals surface area contributed by atoms with Crippen LogP contribution in [0.2, 0.25) is 5.02 Å². The monoisotopic (exact) mass is 213 g/mol. The predicted molar refractivity (Wildman–Crippen MR) is 59.3 cm³/mol. The standard InChI is InChI=1S/C11H16ClNO/c1-3-10(13)11(2,14)8-4-6-9(12)7-5-8/h4-7,10,14H,3,13H2,1-2H3. The average Bonchev–Trinajstić information content (AvgIpc) is 2.17. The van der Waals surface area contributed by atoms with Crippen molar-refractivity contribution >= 4 is 11.6 Å². The van der Waals surface area contributed by atoms with Crippen molar-refractivity contribution in [2.24, 2.45) is 5.73 Å². The van der Waals surface area contributed by atoms with Crippen molar-refractivity contribution in [1.29, 1.82) is 0 Å². The van der Waals surface area contributed by atoms with Crippen LogP contribution in [0, 0.1) is 0 Å². The average molecular weight is 214 g/mol. The van der Waals surface area contributed by atoms with Crippen LogP contribution in [0.3, 0.4) is 0 Å². The van der Waals surface area contributed by atoms with E-state index in [1.807, 2.05) is 6.92 Å². The van der Waals surface area contributed by atoms with E-state index in [1.54, 1.807) is 31.2 Å². The zero-order valence-corrected chi connectivity index (χ0v) is 9.25. The molecule has 0 amide bonds. The van der Waals surface area contributed by atoms with Crippen LogP contribution in [0.4, 0.5) is 0 Å². The SMILES string of the molecule is CCC(N)C(C)(O)c1ccc(Cl)cc1. The van der Waals surface area contributed by atoms with Crippen molar-refractivity contribution in [1.82, 2.24) is 0 Å². The summed E-state index contributed by atoms with van der Waals surface area (Å²) in [7, 11) is 0. The van der Waals surface area contributed by atoms with Gasteiger partial charge in [-0.15, -0.1) is 0 Å². The third kappa shape index (κ3) is 2.27. The number of aliphatic hydroxyl groups is 1. The third-order valence-electron chi connectivity index (χ3n) is 2.59. The molecule has 3 heteroatoms. The second-order valence-electron chi connectivity index (χ2n) is 3.67. The van der Waals surface area contributed by atoms with Gasteiger partial charge in [-0.05, 0) is 31.0 Å². The molecule has 2 unspecified atom stereocenters. The molecule has 78 valence electrons. The van der Waals surface area contributed by atoms with Gasteiger partial charge in [0.25, 0.3) is 0 Å². The molecular weight excluding hydrogens is 198 g/mol. The highest BCUT2D eigenvalue weighted by molar-refractivity contribution is 6.30. The number of halogens is 1. The number of hydrogen-bond acceptors (Lipinski definition) is 2. The van der Waals surface area contributed by atoms with Crippen LogP contribution in [0.25, 0.3) is 0 Å². The summed E-state index contributed by atoms with van der Waals surface area (Å²) in [6, 6.07) is 6.86. The van der Waals surface area contributed by atoms with E-state index in [0.29, 0.717) is 5.02 Å². The molecule has 0 radical (unpaired) electrons. The highest BCUT2D eigenvalue weighted by Crippen LogP contribution is 2.26. The molecule has 14 heavy (non-hydrogen) atoms. The normalized spacial score (nSPS) is 17.5. The van der Waals surface area contributed by atoms with Crippen LogP contribution in [-0.4, -0.2) is 11.1 Å². The summed E-state index contributed by atoms with van der Waals surface area (Å²) in [6.07, 6.45) is 0.732. The van der Waals surface area contributed by atoms with E-state index < -0.39 is 5.60 Å². The van der Waals surface area contributed by atoms with Crippen LogP contribution in [-0.2, 0) is 5.60 Å². The van der Waals surface area contributed by atoms with E-state index in [-0.39, 0.29) is 6.04 Å². The van der Waals surface area contributed by atoms with Crippen LogP contribution < -0.4 is 5.73 Å². The van der Waals surface area contributed by atoms with Gasteiger partial charge in [-0.1, -0.05) is 30.7 Å². The van der Waals surface area contributed by atoms with E-state index in [2.05, 4.69) is 0 Å². The Morgan fingerprint density at radius 1 is 1.43 bits per heavy atom. The Kier molecular flexibility index (Phi) is 3.53. The lowest BCUT2D eigenvalue weighted by Gasteiger charge is -2.29. The zero-order chi connectivity index (χ0) is 10.8. The molecule has 0 aliphatic heterocycles. The summed E-state index contributed by atoms with van der Waals surface area (Å²) in [5, 5.41) is 10.8. The summed E-state index contributed by atoms with van der Waals surface area (Å²) in [5.74, 6) is 0. The highest BCUT2D eigenvalue weighted by atomic mass is 35.5. The Balaban J connectivity index is 2.97. The first-order chi connectivity index (χ1) is 6.48. The summed E-state index contributed by atoms with van der Waals surface area (Å²) in [5.41, 5.74) is 5.65. The second-order valence-corrected chi connectivity index (χ2v) is 4.11. The van der Waals surface area contributed by atoms with Crippen molar-refractivity contribution < 1.29 is 5.11 Å². The van der Waals surface area contributed by atoms with Crippen molar-refractivity contribution in [3.63, 3.8) is 0 Å². The maximum absolute atomic E-state index is 10.2. The Morgan fingerprint density at radius 3 is 2.36 bits per heavy atom. The van der Waals surface area contributed by atoms with Crippen molar-refractivity contribution in [2.45, 2.75) is 31.9 Å². The number of hydrogen-bond donors (Lipinski definition) is 2. The molecule has 3 N–H and O–H groups in total. The van der Waals surface area contributed by atoms with Gasteiger partial charge in [0.05, 0.1) is 0 Å². The molecular formula is C11H16ClNO. The van der Waals surface area contributed by atoms with Crippen LogP contribution in [0.15, 0.2) is 24.3 Å². The predicted octanol–water partition coefficient (Wildman–Crippen LogP) is 2.28. The number of rotatable bonds is 3. The number of benzene rings is 1. The van der Waals surface area contributed by atoms with Crippen molar-refractivity contribution in [2.75, 3.05) is 0 Å². The zero-order valence-electron chi connectivity index (χ0n) is 8.50. The molecule has 0 saturated carbocycles. The summed E-state index contributed by atoms with van der Waals surface area (Å²) in [4.78, 5) is 0. The molecule has 1 aromatic rings. The molecule has 2 nitrogen and oxygen atoms in total. The molecule has 0 aliphatic rings. The van der Waals surface area contributed by atoms with Crippen molar-refractivity contribution in [3.05, 3.63) is 34.9 Å². The van der Waals surface area contributed by atoms with Crippen LogP contribution >= 0.6 is 11.6 Å². The minimum Gasteiger partial charge on any atom is -0.384 e. The lowest BCUT2D eigenvalue weighted by atomic mass is 9.87. The molecule has 0 bridgehead atoms. The number of nitrogens with two attached hydrogens (primary N) is 1. The van der Waals surface area contributed by atoms with Gasteiger partial charge in [0.15, 0.2) is 0 Å². The van der Waals surface area contributed by atoms with E-state index in [1.165, 1.54) is 0 Å². The van der Waals surface area contributed by atoms with Gasteiger partial charge in [0, 0.05) is 11.1 Å². The maximum Gasteiger partial charge on any atom is 0.102 e. The first-order valence-corrected chi connectivity index (χ1v) is 5.10. The van der Waals surface area contributed by atoms with E-state index >= 15 is 0 Å². The summed E-state index contributed by atoms with van der Waals surface area (Å²) in [6.45, 7) is 3.68. The molecule has 0 aliphatic carbocycles. The van der Waals surface area contributed by atoms with Gasteiger partial charge in [0.2, 0.25) is 0 Å². The largest absolute Gasteiger partial charge is 0.384 e. The molecule has 1 aromatic carbocycles. The van der Waals surface area contributed by atoms with E-state index in [9.17, 15) is 5.11 Å². The molecule has 0 fully saturated rings. The van der Waals surface area contributed by atoms with E-state index in [0.717, 1.165) is 12.0 Å². The summed E-state index contributed by atoms with van der Waals surface area (Å²) >= 11 is 5.76. The second kappa shape index (κ2) is 4.30. The van der Waals surface area contributed by atoms with Crippen LogP contribution in [0.1, 0.15) is 25.8 Å². The smallest absolute Gasteiger partial charge is 0.102 e. The highest BCUT2D eigenvalue weighted by Gasteiger charge is 2.29. The molecule has 1 rings (SSSR count). The fraction of sp³-hybridized carbons (Fsp3) is 0.455. The minimum absolute atomic E-state index is 0.260. The van der Waals surface area contributed by atoms with E-state index in [4.69, 9.17) is 17.3 Å². The molecule has 0 spiro atoms. The Morgan fingerprint density at radius 2 is 1.93 bits per heavy atom. The first kappa shape index (κ1) is 11.5. The lowest BCUT2D eigenvalue weighted by molar-refractivity contribution is 0.0277. The molecule has 0 aromatic heterocycles. The Bertz CT molecular complexity index is 295. The molecule has 2 atom stereocenters. The fourth-order valence-corrected chi connectivity index (χ4v) is 1.52. The quantitative estimate of drug-likeness (QED) is 0.810. The molecule has 0 saturated heterocycles. The van der Waals surface area contributed by atoms with Gasteiger partial charge in [-0.3, -0.25) is 0 Å². The minimum atomic E-state index is -0.987. The van der Waals surface area contributed by atoms with Crippen molar-refractivity contribution in [3.8, 4) is 0 Å². The Hall–Kier alpha value is -0.570. The first-order valence-electron chi connectivity index (χ1n) is 4.72. The third-order valence-corrected chi connectivity index (χ3v) is 2.84. The van der Waals surface area contributed by atoms with Gasteiger partial charge in [-0.25, -0.2) is 0 Å². The van der Waals surface area contributed by atoms with Gasteiger partial charge >= 0.3 is 0 Å². The topological polar surface area (TPSA) is 46.2 Å². The Labute approximate surface area is 89.7 Å². The lowest BCUT2D eigenvalue weighted by Crippen LogP contribution is -2.42.